The Bertz CT molecular complexity index is 509. The van der Waals surface area contributed by atoms with Crippen LogP contribution in [-0.2, 0) is 11.3 Å². The van der Waals surface area contributed by atoms with Gasteiger partial charge in [-0.25, -0.2) is 0 Å². The Morgan fingerprint density at radius 3 is 2.94 bits per heavy atom. The predicted octanol–water partition coefficient (Wildman–Crippen LogP) is 1.38. The summed E-state index contributed by atoms with van der Waals surface area (Å²) in [5.74, 6) is 0.810. The van der Waals surface area contributed by atoms with Crippen LogP contribution in [0.4, 0.5) is 0 Å². The van der Waals surface area contributed by atoms with Gasteiger partial charge in [0, 0.05) is 17.5 Å². The molecule has 1 fully saturated rings. The Hall–Kier alpha value is -1.84. The molecule has 0 unspecified atom stereocenters. The zero-order valence-corrected chi connectivity index (χ0v) is 9.60. The second kappa shape index (κ2) is 3.58. The molecule has 1 amide bonds. The van der Waals surface area contributed by atoms with Gasteiger partial charge in [-0.2, -0.15) is 0 Å². The van der Waals surface area contributed by atoms with E-state index in [9.17, 15) is 9.59 Å². The van der Waals surface area contributed by atoms with Crippen LogP contribution in [0.5, 0.6) is 5.75 Å². The van der Waals surface area contributed by atoms with Crippen molar-refractivity contribution in [2.24, 2.45) is 0 Å². The van der Waals surface area contributed by atoms with Crippen molar-refractivity contribution in [2.45, 2.75) is 25.4 Å². The number of carbonyl (C=O) groups excluding carboxylic acids is 2. The van der Waals surface area contributed by atoms with Gasteiger partial charge in [0.25, 0.3) is 0 Å². The molecule has 0 aromatic heterocycles. The van der Waals surface area contributed by atoms with Gasteiger partial charge < -0.3 is 9.64 Å². The van der Waals surface area contributed by atoms with Crippen LogP contribution in [-0.4, -0.2) is 29.7 Å². The minimum absolute atomic E-state index is 0.0519. The first-order valence-electron chi connectivity index (χ1n) is 5.72. The number of hydrogen-bond donors (Lipinski definition) is 0. The Kier molecular flexibility index (Phi) is 2.18. The van der Waals surface area contributed by atoms with Crippen LogP contribution in [0.25, 0.3) is 0 Å². The van der Waals surface area contributed by atoms with E-state index in [0.717, 1.165) is 5.56 Å². The minimum Gasteiger partial charge on any atom is -0.496 e. The lowest BCUT2D eigenvalue weighted by Crippen LogP contribution is -2.42. The Morgan fingerprint density at radius 2 is 2.18 bits per heavy atom. The van der Waals surface area contributed by atoms with Gasteiger partial charge in [-0.3, -0.25) is 9.59 Å². The van der Waals surface area contributed by atoms with Crippen molar-refractivity contribution >= 4 is 11.7 Å². The number of fused-ring (bicyclic) bond motifs is 2. The minimum atomic E-state index is -0.248. The van der Waals surface area contributed by atoms with Gasteiger partial charge in [-0.05, 0) is 12.5 Å². The summed E-state index contributed by atoms with van der Waals surface area (Å²) in [6.45, 7) is 0.495. The lowest BCUT2D eigenvalue weighted by atomic mass is 9.92. The fourth-order valence-electron chi connectivity index (χ4n) is 2.71. The van der Waals surface area contributed by atoms with Crippen LogP contribution in [0.3, 0.4) is 0 Å². The highest BCUT2D eigenvalue weighted by Gasteiger charge is 2.41. The van der Waals surface area contributed by atoms with E-state index in [-0.39, 0.29) is 17.7 Å². The highest BCUT2D eigenvalue weighted by molar-refractivity contribution is 6.06. The van der Waals surface area contributed by atoms with Gasteiger partial charge >= 0.3 is 0 Å². The van der Waals surface area contributed by atoms with Crippen LogP contribution in [0.1, 0.15) is 28.8 Å². The molecule has 17 heavy (non-hydrogen) atoms. The van der Waals surface area contributed by atoms with E-state index in [1.807, 2.05) is 18.2 Å². The molecule has 0 spiro atoms. The smallest absolute Gasteiger partial charge is 0.223 e. The molecular formula is C13H13NO3. The molecule has 3 rings (SSSR count). The van der Waals surface area contributed by atoms with Crippen molar-refractivity contribution in [1.82, 2.24) is 4.90 Å². The monoisotopic (exact) mass is 231 g/mol. The number of carbonyl (C=O) groups is 2. The quantitative estimate of drug-likeness (QED) is 0.733. The Labute approximate surface area is 99.2 Å². The first-order chi connectivity index (χ1) is 8.22. The summed E-state index contributed by atoms with van der Waals surface area (Å²) in [5, 5.41) is 0. The maximum Gasteiger partial charge on any atom is 0.223 e. The molecule has 1 saturated heterocycles. The molecule has 2 heterocycles. The summed E-state index contributed by atoms with van der Waals surface area (Å²) in [5.41, 5.74) is 1.55. The van der Waals surface area contributed by atoms with Crippen LogP contribution in [0.15, 0.2) is 18.2 Å². The summed E-state index contributed by atoms with van der Waals surface area (Å²) >= 11 is 0. The first kappa shape index (κ1) is 10.3. The zero-order chi connectivity index (χ0) is 12.0. The highest BCUT2D eigenvalue weighted by Crippen LogP contribution is 2.35. The second-order valence-corrected chi connectivity index (χ2v) is 4.43. The number of ether oxygens (including phenoxy) is 1. The van der Waals surface area contributed by atoms with Crippen molar-refractivity contribution in [3.05, 3.63) is 29.3 Å². The average Bonchev–Trinajstić information content (AvgIpc) is 2.71. The van der Waals surface area contributed by atoms with Gasteiger partial charge in [-0.15, -0.1) is 0 Å². The van der Waals surface area contributed by atoms with E-state index in [1.165, 1.54) is 0 Å². The number of methoxy groups -OCH3 is 1. The zero-order valence-electron chi connectivity index (χ0n) is 9.60. The third-order valence-corrected chi connectivity index (χ3v) is 3.58. The summed E-state index contributed by atoms with van der Waals surface area (Å²) in [4.78, 5) is 25.6. The normalized spacial score (nSPS) is 22.4. The molecule has 1 atom stereocenters. The van der Waals surface area contributed by atoms with Crippen LogP contribution >= 0.6 is 0 Å². The largest absolute Gasteiger partial charge is 0.496 e. The van der Waals surface area contributed by atoms with Gasteiger partial charge in [0.1, 0.15) is 5.75 Å². The lowest BCUT2D eigenvalue weighted by Gasteiger charge is -2.31. The third-order valence-electron chi connectivity index (χ3n) is 3.58. The third kappa shape index (κ3) is 1.37. The number of benzene rings is 1. The topological polar surface area (TPSA) is 46.6 Å². The fourth-order valence-corrected chi connectivity index (χ4v) is 2.71. The molecule has 0 radical (unpaired) electrons. The molecule has 1 aromatic carbocycles. The molecule has 2 aliphatic rings. The number of amides is 1. The van der Waals surface area contributed by atoms with Crippen LogP contribution < -0.4 is 4.74 Å². The Balaban J connectivity index is 2.12. The van der Waals surface area contributed by atoms with Crippen molar-refractivity contribution in [3.63, 3.8) is 0 Å². The van der Waals surface area contributed by atoms with Crippen LogP contribution in [0.2, 0.25) is 0 Å². The van der Waals surface area contributed by atoms with Crippen molar-refractivity contribution in [2.75, 3.05) is 7.11 Å². The molecule has 0 N–H and O–H groups in total. The van der Waals surface area contributed by atoms with E-state index in [4.69, 9.17) is 4.74 Å². The van der Waals surface area contributed by atoms with Gasteiger partial charge in [0.15, 0.2) is 5.78 Å². The SMILES string of the molecule is COc1cccc2c1CN1C(=O)CC[C@H]1C2=O. The highest BCUT2D eigenvalue weighted by atomic mass is 16.5. The van der Waals surface area contributed by atoms with Gasteiger partial charge in [-0.1, -0.05) is 12.1 Å². The number of hydrogen-bond acceptors (Lipinski definition) is 3. The number of rotatable bonds is 1. The summed E-state index contributed by atoms with van der Waals surface area (Å²) in [6.07, 6.45) is 1.13. The standard InChI is InChI=1S/C13H13NO3/c1-17-11-4-2-3-8-9(11)7-14-10(13(8)16)5-6-12(14)15/h2-4,10H,5-7H2,1H3/t10-/m0/s1. The molecule has 1 aromatic rings. The maximum absolute atomic E-state index is 12.3. The summed E-state index contributed by atoms with van der Waals surface area (Å²) < 4.78 is 5.25. The summed E-state index contributed by atoms with van der Waals surface area (Å²) in [6, 6.07) is 5.22. The molecule has 0 saturated carbocycles. The van der Waals surface area contributed by atoms with E-state index < -0.39 is 0 Å². The number of Topliss-reactive ketones (excluding diaryl/α,β-unsaturated/α-hetero) is 1. The molecule has 0 aliphatic carbocycles. The second-order valence-electron chi connectivity index (χ2n) is 4.43. The molecule has 88 valence electrons. The van der Waals surface area contributed by atoms with Gasteiger partial charge in [0.05, 0.1) is 19.7 Å². The predicted molar refractivity (Wildman–Crippen MR) is 60.9 cm³/mol. The fraction of sp³-hybridized carbons (Fsp3) is 0.385. The maximum atomic E-state index is 12.3. The molecule has 0 bridgehead atoms. The van der Waals surface area contributed by atoms with Crippen molar-refractivity contribution in [1.29, 1.82) is 0 Å². The first-order valence-corrected chi connectivity index (χ1v) is 5.72. The van der Waals surface area contributed by atoms with E-state index in [2.05, 4.69) is 0 Å². The molecule has 2 aliphatic heterocycles. The molecular weight excluding hydrogens is 218 g/mol. The Morgan fingerprint density at radius 1 is 1.35 bits per heavy atom. The van der Waals surface area contributed by atoms with Crippen LogP contribution in [0, 0.1) is 0 Å². The van der Waals surface area contributed by atoms with Crippen molar-refractivity contribution < 1.29 is 14.3 Å². The molecule has 4 heteroatoms. The summed E-state index contributed by atoms with van der Waals surface area (Å²) in [7, 11) is 1.58. The van der Waals surface area contributed by atoms with Crippen molar-refractivity contribution in [3.8, 4) is 5.75 Å². The molecule has 4 nitrogen and oxygen atoms in total. The van der Waals surface area contributed by atoms with Gasteiger partial charge in [0.2, 0.25) is 5.91 Å². The van der Waals surface area contributed by atoms with E-state index in [1.54, 1.807) is 12.0 Å². The van der Waals surface area contributed by atoms with E-state index in [0.29, 0.717) is 30.7 Å². The number of ketones is 1. The number of nitrogens with zero attached hydrogens (tertiary/aromatic N) is 1. The lowest BCUT2D eigenvalue weighted by molar-refractivity contribution is -0.129. The average molecular weight is 231 g/mol. The van der Waals surface area contributed by atoms with E-state index >= 15 is 0 Å².